The first-order valence-electron chi connectivity index (χ1n) is 5.01. The van der Waals surface area contributed by atoms with Gasteiger partial charge in [-0.25, -0.2) is 0 Å². The van der Waals surface area contributed by atoms with Crippen LogP contribution in [0.3, 0.4) is 0 Å². The van der Waals surface area contributed by atoms with Gasteiger partial charge in [0.1, 0.15) is 4.60 Å². The van der Waals surface area contributed by atoms with E-state index in [1.165, 1.54) is 0 Å². The van der Waals surface area contributed by atoms with Crippen molar-refractivity contribution in [3.05, 3.63) is 20.5 Å². The molecule has 1 rings (SSSR count). The molecule has 1 unspecified atom stereocenters. The van der Waals surface area contributed by atoms with Crippen molar-refractivity contribution in [1.29, 1.82) is 0 Å². The van der Waals surface area contributed by atoms with E-state index in [0.717, 1.165) is 4.68 Å². The van der Waals surface area contributed by atoms with Gasteiger partial charge >= 0.3 is 6.18 Å². The second-order valence-electron chi connectivity index (χ2n) is 3.66. The number of H-pyrrole nitrogens is 1. The molecule has 98 valence electrons. The van der Waals surface area contributed by atoms with Crippen LogP contribution in [0.1, 0.15) is 25.3 Å². The molecule has 0 saturated carbocycles. The van der Waals surface area contributed by atoms with E-state index in [1.54, 1.807) is 0 Å². The smallest absolute Gasteiger partial charge is 0.391 e. The molecule has 0 aromatic carbocycles. The van der Waals surface area contributed by atoms with Crippen LogP contribution >= 0.6 is 15.9 Å². The van der Waals surface area contributed by atoms with Gasteiger partial charge in [-0.3, -0.25) is 14.6 Å². The monoisotopic (exact) mass is 316 g/mol. The predicted molar refractivity (Wildman–Crippen MR) is 58.7 cm³/mol. The van der Waals surface area contributed by atoms with E-state index in [0.29, 0.717) is 12.8 Å². The van der Waals surface area contributed by atoms with E-state index >= 15 is 0 Å². The standard InChI is InChI=1S/C9H12BrF3N2O2/c1-2-3-5(16)4-15-7(10)6(8(17)14-15)9(11,12)13/h5,16H,2-4H2,1H3,(H,14,17). The van der Waals surface area contributed by atoms with Crippen molar-refractivity contribution in [2.75, 3.05) is 0 Å². The van der Waals surface area contributed by atoms with Crippen LogP contribution in [-0.2, 0) is 12.7 Å². The molecule has 0 spiro atoms. The van der Waals surface area contributed by atoms with Gasteiger partial charge in [-0.1, -0.05) is 13.3 Å². The topological polar surface area (TPSA) is 58.0 Å². The minimum absolute atomic E-state index is 0.0836. The maximum absolute atomic E-state index is 12.5. The van der Waals surface area contributed by atoms with Gasteiger partial charge in [-0.05, 0) is 22.4 Å². The first kappa shape index (κ1) is 14.3. The second kappa shape index (κ2) is 5.26. The Morgan fingerprint density at radius 2 is 2.12 bits per heavy atom. The maximum Gasteiger partial charge on any atom is 0.424 e. The number of alkyl halides is 3. The van der Waals surface area contributed by atoms with E-state index in [9.17, 15) is 23.1 Å². The zero-order chi connectivity index (χ0) is 13.2. The summed E-state index contributed by atoms with van der Waals surface area (Å²) in [6.07, 6.45) is -4.35. The van der Waals surface area contributed by atoms with Gasteiger partial charge in [0, 0.05) is 0 Å². The van der Waals surface area contributed by atoms with Crippen LogP contribution in [0.2, 0.25) is 0 Å². The Hall–Kier alpha value is -0.760. The van der Waals surface area contributed by atoms with Gasteiger partial charge in [0.25, 0.3) is 5.56 Å². The third-order valence-corrected chi connectivity index (χ3v) is 3.03. The Labute approximate surface area is 104 Å². The second-order valence-corrected chi connectivity index (χ2v) is 4.41. The van der Waals surface area contributed by atoms with Crippen LogP contribution in [0, 0.1) is 0 Å². The van der Waals surface area contributed by atoms with Gasteiger partial charge in [-0.15, -0.1) is 0 Å². The summed E-state index contributed by atoms with van der Waals surface area (Å²) >= 11 is 2.72. The predicted octanol–water partition coefficient (Wildman–Crippen LogP) is 2.12. The lowest BCUT2D eigenvalue weighted by molar-refractivity contribution is -0.139. The molecule has 0 aliphatic carbocycles. The van der Waals surface area contributed by atoms with Crippen LogP contribution < -0.4 is 5.56 Å². The van der Waals surface area contributed by atoms with Gasteiger partial charge in [0.2, 0.25) is 0 Å². The molecule has 0 aliphatic heterocycles. The summed E-state index contributed by atoms with van der Waals surface area (Å²) in [6, 6.07) is 0. The molecular formula is C9H12BrF3N2O2. The fourth-order valence-corrected chi connectivity index (χ4v) is 2.10. The van der Waals surface area contributed by atoms with Crippen LogP contribution in [0.25, 0.3) is 0 Å². The lowest BCUT2D eigenvalue weighted by atomic mass is 10.2. The average Bonchev–Trinajstić information content (AvgIpc) is 2.40. The van der Waals surface area contributed by atoms with Crippen molar-refractivity contribution in [3.63, 3.8) is 0 Å². The SMILES string of the molecule is CCCC(O)Cn1[nH]c(=O)c(C(F)(F)F)c1Br. The zero-order valence-electron chi connectivity index (χ0n) is 9.01. The fraction of sp³-hybridized carbons (Fsp3) is 0.667. The van der Waals surface area contributed by atoms with E-state index in [1.807, 2.05) is 12.0 Å². The van der Waals surface area contributed by atoms with Crippen LogP contribution in [0.5, 0.6) is 0 Å². The number of hydrogen-bond acceptors (Lipinski definition) is 2. The number of hydrogen-bond donors (Lipinski definition) is 2. The van der Waals surface area contributed by atoms with Crippen LogP contribution in [0.15, 0.2) is 9.40 Å². The Bertz CT molecular complexity index is 438. The summed E-state index contributed by atoms with van der Waals surface area (Å²) in [5, 5.41) is 11.5. The molecule has 1 heterocycles. The van der Waals surface area contributed by atoms with Crippen molar-refractivity contribution < 1.29 is 18.3 Å². The zero-order valence-corrected chi connectivity index (χ0v) is 10.6. The Morgan fingerprint density at radius 3 is 2.53 bits per heavy atom. The number of nitrogens with one attached hydrogen (secondary N) is 1. The highest BCUT2D eigenvalue weighted by molar-refractivity contribution is 9.10. The molecule has 1 atom stereocenters. The molecule has 8 heteroatoms. The highest BCUT2D eigenvalue weighted by Crippen LogP contribution is 2.32. The van der Waals surface area contributed by atoms with Crippen molar-refractivity contribution in [2.24, 2.45) is 0 Å². The lowest BCUT2D eigenvalue weighted by Crippen LogP contribution is -2.18. The number of aliphatic hydroxyl groups excluding tert-OH is 1. The molecule has 0 saturated heterocycles. The molecule has 2 N–H and O–H groups in total. The van der Waals surface area contributed by atoms with Crippen molar-refractivity contribution in [2.45, 2.75) is 38.6 Å². The van der Waals surface area contributed by atoms with Crippen molar-refractivity contribution in [3.8, 4) is 0 Å². The quantitative estimate of drug-likeness (QED) is 0.894. The molecule has 17 heavy (non-hydrogen) atoms. The van der Waals surface area contributed by atoms with Gasteiger partial charge < -0.3 is 5.11 Å². The normalized spacial score (nSPS) is 14.0. The maximum atomic E-state index is 12.5. The number of aromatic amines is 1. The largest absolute Gasteiger partial charge is 0.424 e. The summed E-state index contributed by atoms with van der Waals surface area (Å²) in [5.41, 5.74) is -2.49. The van der Waals surface area contributed by atoms with E-state index in [4.69, 9.17) is 0 Å². The first-order valence-corrected chi connectivity index (χ1v) is 5.80. The molecular weight excluding hydrogens is 305 g/mol. The summed E-state index contributed by atoms with van der Waals surface area (Å²) in [4.78, 5) is 11.1. The highest BCUT2D eigenvalue weighted by atomic mass is 79.9. The fourth-order valence-electron chi connectivity index (χ4n) is 1.46. The minimum atomic E-state index is -4.71. The number of aromatic nitrogens is 2. The lowest BCUT2D eigenvalue weighted by Gasteiger charge is -2.11. The van der Waals surface area contributed by atoms with Crippen LogP contribution in [0.4, 0.5) is 13.2 Å². The third-order valence-electron chi connectivity index (χ3n) is 2.21. The van der Waals surface area contributed by atoms with Gasteiger partial charge in [0.05, 0.1) is 12.6 Å². The van der Waals surface area contributed by atoms with E-state index < -0.39 is 23.4 Å². The molecule has 0 fully saturated rings. The molecule has 4 nitrogen and oxygen atoms in total. The summed E-state index contributed by atoms with van der Waals surface area (Å²) < 4.78 is 38.0. The summed E-state index contributed by atoms with van der Waals surface area (Å²) in [6.45, 7) is 1.76. The minimum Gasteiger partial charge on any atom is -0.391 e. The summed E-state index contributed by atoms with van der Waals surface area (Å²) in [5.74, 6) is 0. The molecule has 0 aliphatic rings. The van der Waals surface area contributed by atoms with Gasteiger partial charge in [-0.2, -0.15) is 13.2 Å². The molecule has 0 bridgehead atoms. The third kappa shape index (κ3) is 3.35. The van der Waals surface area contributed by atoms with Crippen molar-refractivity contribution >= 4 is 15.9 Å². The molecule has 1 aromatic rings. The Kier molecular flexibility index (Phi) is 4.42. The van der Waals surface area contributed by atoms with Crippen LogP contribution in [-0.4, -0.2) is 21.0 Å². The van der Waals surface area contributed by atoms with Gasteiger partial charge in [0.15, 0.2) is 5.56 Å². The van der Waals surface area contributed by atoms with E-state index in [-0.39, 0.29) is 11.1 Å². The first-order chi connectivity index (χ1) is 7.77. The molecule has 1 aromatic heterocycles. The summed E-state index contributed by atoms with van der Waals surface area (Å²) in [7, 11) is 0. The Morgan fingerprint density at radius 1 is 1.53 bits per heavy atom. The van der Waals surface area contributed by atoms with Crippen molar-refractivity contribution in [1.82, 2.24) is 9.78 Å². The molecule has 0 radical (unpaired) electrons. The number of halogens is 4. The molecule has 0 amide bonds. The van der Waals surface area contributed by atoms with E-state index in [2.05, 4.69) is 15.9 Å². The average molecular weight is 317 g/mol. The number of nitrogens with zero attached hydrogens (tertiary/aromatic N) is 1. The number of rotatable bonds is 4. The Balaban J connectivity index is 3.01. The number of aliphatic hydroxyl groups is 1. The highest BCUT2D eigenvalue weighted by Gasteiger charge is 2.38.